The van der Waals surface area contributed by atoms with Gasteiger partial charge in [0.05, 0.1) is 12.2 Å². The summed E-state index contributed by atoms with van der Waals surface area (Å²) in [4.78, 5) is 10.7. The van der Waals surface area contributed by atoms with Crippen molar-refractivity contribution in [3.8, 4) is 0 Å². The Morgan fingerprint density at radius 3 is 2.81 bits per heavy atom. The van der Waals surface area contributed by atoms with Crippen molar-refractivity contribution in [1.82, 2.24) is 0 Å². The van der Waals surface area contributed by atoms with Crippen LogP contribution in [0.3, 0.4) is 0 Å². The molecule has 0 aromatic heterocycles. The molecule has 1 aromatic rings. The van der Waals surface area contributed by atoms with E-state index in [0.29, 0.717) is 12.2 Å². The van der Waals surface area contributed by atoms with E-state index in [1.165, 1.54) is 12.8 Å². The molecule has 1 aliphatic carbocycles. The van der Waals surface area contributed by atoms with Crippen LogP contribution in [-0.2, 0) is 11.3 Å². The molecular weight excluding hydrogens is 204 g/mol. The number of hydrogen-bond acceptors (Lipinski definition) is 2. The molecule has 0 atom stereocenters. The first kappa shape index (κ1) is 11.1. The third-order valence-corrected chi connectivity index (χ3v) is 2.90. The number of hydrogen-bond donors (Lipinski definition) is 1. The minimum Gasteiger partial charge on any atom is -0.478 e. The van der Waals surface area contributed by atoms with Gasteiger partial charge in [-0.3, -0.25) is 0 Å². The van der Waals surface area contributed by atoms with Crippen LogP contribution in [0.25, 0.3) is 0 Å². The molecule has 3 heteroatoms. The van der Waals surface area contributed by atoms with Gasteiger partial charge in [-0.1, -0.05) is 6.07 Å². The standard InChI is InChI=1S/C13H16O3/c1-9-6-11(13(14)15)4-5-12(9)8-16-7-10-2-3-10/h4-6,10H,2-3,7-8H2,1H3,(H,14,15). The van der Waals surface area contributed by atoms with Crippen LogP contribution in [-0.4, -0.2) is 17.7 Å². The fraction of sp³-hybridized carbons (Fsp3) is 0.462. The highest BCUT2D eigenvalue weighted by atomic mass is 16.5. The topological polar surface area (TPSA) is 46.5 Å². The van der Waals surface area contributed by atoms with Gasteiger partial charge < -0.3 is 9.84 Å². The summed E-state index contributed by atoms with van der Waals surface area (Å²) in [5.41, 5.74) is 2.39. The normalized spacial score (nSPS) is 15.1. The minimum atomic E-state index is -0.881. The maximum Gasteiger partial charge on any atom is 0.335 e. The van der Waals surface area contributed by atoms with E-state index >= 15 is 0 Å². The zero-order chi connectivity index (χ0) is 11.5. The predicted octanol–water partition coefficient (Wildman–Crippen LogP) is 2.62. The van der Waals surface area contributed by atoms with Gasteiger partial charge in [-0.2, -0.15) is 0 Å². The number of carbonyl (C=O) groups is 1. The quantitative estimate of drug-likeness (QED) is 0.829. The molecule has 0 heterocycles. The van der Waals surface area contributed by atoms with Gasteiger partial charge in [-0.25, -0.2) is 4.79 Å². The van der Waals surface area contributed by atoms with Crippen LogP contribution in [0.2, 0.25) is 0 Å². The second-order valence-electron chi connectivity index (χ2n) is 4.40. The number of ether oxygens (including phenoxy) is 1. The molecule has 1 aliphatic rings. The van der Waals surface area contributed by atoms with Crippen LogP contribution in [0.4, 0.5) is 0 Å². The number of carboxylic acid groups (broad SMARTS) is 1. The Balaban J connectivity index is 1.95. The van der Waals surface area contributed by atoms with E-state index in [4.69, 9.17) is 9.84 Å². The van der Waals surface area contributed by atoms with Gasteiger partial charge in [0.15, 0.2) is 0 Å². The van der Waals surface area contributed by atoms with Crippen molar-refractivity contribution in [2.24, 2.45) is 5.92 Å². The van der Waals surface area contributed by atoms with Gasteiger partial charge in [0, 0.05) is 6.61 Å². The summed E-state index contributed by atoms with van der Waals surface area (Å²) >= 11 is 0. The van der Waals surface area contributed by atoms with Crippen molar-refractivity contribution in [3.05, 3.63) is 34.9 Å². The lowest BCUT2D eigenvalue weighted by Crippen LogP contribution is -2.01. The van der Waals surface area contributed by atoms with Crippen molar-refractivity contribution < 1.29 is 14.6 Å². The molecule has 0 spiro atoms. The Morgan fingerprint density at radius 2 is 2.25 bits per heavy atom. The van der Waals surface area contributed by atoms with Crippen LogP contribution >= 0.6 is 0 Å². The largest absolute Gasteiger partial charge is 0.478 e. The van der Waals surface area contributed by atoms with E-state index in [2.05, 4.69) is 0 Å². The Bertz CT molecular complexity index is 394. The van der Waals surface area contributed by atoms with Crippen LogP contribution in [0.1, 0.15) is 34.3 Å². The molecule has 0 amide bonds. The lowest BCUT2D eigenvalue weighted by molar-refractivity contribution is 0.0696. The van der Waals surface area contributed by atoms with Crippen LogP contribution < -0.4 is 0 Å². The van der Waals surface area contributed by atoms with Crippen molar-refractivity contribution in [3.63, 3.8) is 0 Å². The summed E-state index contributed by atoms with van der Waals surface area (Å²) in [6.07, 6.45) is 2.58. The van der Waals surface area contributed by atoms with Crippen LogP contribution in [0.15, 0.2) is 18.2 Å². The first-order valence-electron chi connectivity index (χ1n) is 5.57. The molecule has 1 N–H and O–H groups in total. The molecule has 1 aromatic carbocycles. The van der Waals surface area contributed by atoms with Crippen LogP contribution in [0.5, 0.6) is 0 Å². The summed E-state index contributed by atoms with van der Waals surface area (Å²) in [6.45, 7) is 3.34. The number of rotatable bonds is 5. The predicted molar refractivity (Wildman–Crippen MR) is 60.5 cm³/mol. The van der Waals surface area contributed by atoms with Gasteiger partial charge >= 0.3 is 5.97 Å². The average molecular weight is 220 g/mol. The number of aromatic carboxylic acids is 1. The van der Waals surface area contributed by atoms with E-state index in [9.17, 15) is 4.79 Å². The number of aryl methyl sites for hydroxylation is 1. The highest BCUT2D eigenvalue weighted by Crippen LogP contribution is 2.29. The zero-order valence-electron chi connectivity index (χ0n) is 9.40. The Kier molecular flexibility index (Phi) is 3.25. The lowest BCUT2D eigenvalue weighted by Gasteiger charge is -2.07. The van der Waals surface area contributed by atoms with Gasteiger partial charge in [0.2, 0.25) is 0 Å². The van der Waals surface area contributed by atoms with E-state index in [0.717, 1.165) is 23.7 Å². The van der Waals surface area contributed by atoms with Gasteiger partial charge in [0.25, 0.3) is 0 Å². The van der Waals surface area contributed by atoms with E-state index in [-0.39, 0.29) is 0 Å². The Hall–Kier alpha value is -1.35. The van der Waals surface area contributed by atoms with E-state index in [1.807, 2.05) is 13.0 Å². The molecule has 1 saturated carbocycles. The first-order chi connectivity index (χ1) is 7.66. The summed E-state index contributed by atoms with van der Waals surface area (Å²) < 4.78 is 5.58. The average Bonchev–Trinajstić information content (AvgIpc) is 3.04. The van der Waals surface area contributed by atoms with E-state index in [1.54, 1.807) is 12.1 Å². The molecule has 2 rings (SSSR count). The molecule has 0 unspecified atom stereocenters. The number of carboxylic acids is 1. The molecule has 86 valence electrons. The van der Waals surface area contributed by atoms with Crippen molar-refractivity contribution in [2.45, 2.75) is 26.4 Å². The zero-order valence-corrected chi connectivity index (χ0v) is 9.40. The van der Waals surface area contributed by atoms with Gasteiger partial charge in [0.1, 0.15) is 0 Å². The summed E-state index contributed by atoms with van der Waals surface area (Å²) in [6, 6.07) is 5.16. The van der Waals surface area contributed by atoms with Crippen molar-refractivity contribution in [1.29, 1.82) is 0 Å². The molecule has 0 aliphatic heterocycles. The molecular formula is C13H16O3. The molecule has 0 saturated heterocycles. The maximum atomic E-state index is 10.7. The fourth-order valence-electron chi connectivity index (χ4n) is 1.61. The van der Waals surface area contributed by atoms with Gasteiger partial charge in [-0.15, -0.1) is 0 Å². The lowest BCUT2D eigenvalue weighted by atomic mass is 10.1. The van der Waals surface area contributed by atoms with E-state index < -0.39 is 5.97 Å². The summed E-state index contributed by atoms with van der Waals surface area (Å²) in [7, 11) is 0. The second-order valence-corrected chi connectivity index (χ2v) is 4.40. The molecule has 16 heavy (non-hydrogen) atoms. The second kappa shape index (κ2) is 4.66. The molecule has 0 radical (unpaired) electrons. The number of benzene rings is 1. The third kappa shape index (κ3) is 2.83. The monoisotopic (exact) mass is 220 g/mol. The Morgan fingerprint density at radius 1 is 1.50 bits per heavy atom. The van der Waals surface area contributed by atoms with Crippen molar-refractivity contribution >= 4 is 5.97 Å². The molecule has 0 bridgehead atoms. The highest BCUT2D eigenvalue weighted by Gasteiger charge is 2.21. The summed E-state index contributed by atoms with van der Waals surface area (Å²) in [5, 5.41) is 8.83. The fourth-order valence-corrected chi connectivity index (χ4v) is 1.61. The maximum absolute atomic E-state index is 10.7. The first-order valence-corrected chi connectivity index (χ1v) is 5.57. The molecule has 1 fully saturated rings. The Labute approximate surface area is 95.0 Å². The third-order valence-electron chi connectivity index (χ3n) is 2.90. The minimum absolute atomic E-state index is 0.337. The highest BCUT2D eigenvalue weighted by molar-refractivity contribution is 5.87. The van der Waals surface area contributed by atoms with Crippen molar-refractivity contribution in [2.75, 3.05) is 6.61 Å². The van der Waals surface area contributed by atoms with Crippen LogP contribution in [0, 0.1) is 12.8 Å². The smallest absolute Gasteiger partial charge is 0.335 e. The summed E-state index contributed by atoms with van der Waals surface area (Å²) in [5.74, 6) is -0.118. The van der Waals surface area contributed by atoms with Gasteiger partial charge in [-0.05, 0) is 48.9 Å². The SMILES string of the molecule is Cc1cc(C(=O)O)ccc1COCC1CC1. The molecule has 3 nitrogen and oxygen atoms in total.